The van der Waals surface area contributed by atoms with Gasteiger partial charge in [-0.2, -0.15) is 0 Å². The molecule has 2 rings (SSSR count). The van der Waals surface area contributed by atoms with Crippen molar-refractivity contribution < 1.29 is 4.74 Å². The average Bonchev–Trinajstić information content (AvgIpc) is 2.65. The molecule has 0 unspecified atom stereocenters. The Morgan fingerprint density at radius 1 is 1.04 bits per heavy atom. The fraction of sp³-hybridized carbons (Fsp3) is 0.632. The number of aliphatic imine (C=N–C) groups is 1. The molecule has 0 spiro atoms. The zero-order valence-corrected chi connectivity index (χ0v) is 15.9. The molecule has 0 amide bonds. The van der Waals surface area contributed by atoms with Gasteiger partial charge in [0.05, 0.1) is 6.54 Å². The second-order valence-corrected chi connectivity index (χ2v) is 6.36. The Morgan fingerprint density at radius 3 is 2.32 bits per heavy atom. The Hall–Kier alpha value is -1.79. The summed E-state index contributed by atoms with van der Waals surface area (Å²) in [5, 5.41) is 6.67. The number of nitrogens with zero attached hydrogens (tertiary/aromatic N) is 3. The zero-order valence-electron chi connectivity index (χ0n) is 15.9. The summed E-state index contributed by atoms with van der Waals surface area (Å²) in [6, 6.07) is 8.12. The standard InChI is InChI=1S/C19H33N5O/c1-4-23-12-14-24(15-13-23)11-9-21-19(20-3)22-10-16-25-18-7-5-17(2)6-8-18/h5-8H,4,9-16H2,1-3H3,(H2,20,21,22). The highest BCUT2D eigenvalue weighted by molar-refractivity contribution is 5.79. The highest BCUT2D eigenvalue weighted by Crippen LogP contribution is 2.10. The normalized spacial score (nSPS) is 16.7. The summed E-state index contributed by atoms with van der Waals surface area (Å²) in [5.74, 6) is 1.74. The van der Waals surface area contributed by atoms with E-state index in [4.69, 9.17) is 4.74 Å². The number of piperazine rings is 1. The summed E-state index contributed by atoms with van der Waals surface area (Å²) in [7, 11) is 1.80. The van der Waals surface area contributed by atoms with Gasteiger partial charge in [0, 0.05) is 46.3 Å². The molecule has 2 N–H and O–H groups in total. The monoisotopic (exact) mass is 347 g/mol. The molecular formula is C19H33N5O. The van der Waals surface area contributed by atoms with Crippen LogP contribution in [0.25, 0.3) is 0 Å². The number of hydrogen-bond acceptors (Lipinski definition) is 4. The lowest BCUT2D eigenvalue weighted by Crippen LogP contribution is -2.49. The van der Waals surface area contributed by atoms with Gasteiger partial charge in [-0.25, -0.2) is 0 Å². The van der Waals surface area contributed by atoms with Crippen molar-refractivity contribution in [3.8, 4) is 5.75 Å². The highest BCUT2D eigenvalue weighted by atomic mass is 16.5. The lowest BCUT2D eigenvalue weighted by Gasteiger charge is -2.34. The molecule has 0 bridgehead atoms. The Labute approximate surface area is 152 Å². The largest absolute Gasteiger partial charge is 0.492 e. The fourth-order valence-corrected chi connectivity index (χ4v) is 2.85. The molecule has 1 heterocycles. The van der Waals surface area contributed by atoms with Gasteiger partial charge in [0.15, 0.2) is 5.96 Å². The van der Waals surface area contributed by atoms with E-state index in [2.05, 4.69) is 51.4 Å². The number of likely N-dealkylation sites (N-methyl/N-ethyl adjacent to an activating group) is 1. The number of hydrogen-bond donors (Lipinski definition) is 2. The highest BCUT2D eigenvalue weighted by Gasteiger charge is 2.14. The number of aryl methyl sites for hydroxylation is 1. The number of guanidine groups is 1. The third-order valence-corrected chi connectivity index (χ3v) is 4.54. The molecule has 0 aromatic heterocycles. The van der Waals surface area contributed by atoms with Crippen molar-refractivity contribution in [1.82, 2.24) is 20.4 Å². The molecule has 0 radical (unpaired) electrons. The van der Waals surface area contributed by atoms with Crippen molar-refractivity contribution in [3.05, 3.63) is 29.8 Å². The van der Waals surface area contributed by atoms with E-state index in [0.717, 1.165) is 51.0 Å². The second kappa shape index (κ2) is 10.9. The second-order valence-electron chi connectivity index (χ2n) is 6.36. The maximum atomic E-state index is 5.72. The maximum Gasteiger partial charge on any atom is 0.191 e. The van der Waals surface area contributed by atoms with Gasteiger partial charge in [0.25, 0.3) is 0 Å². The van der Waals surface area contributed by atoms with Crippen LogP contribution in [0, 0.1) is 6.92 Å². The zero-order chi connectivity index (χ0) is 17.9. The van der Waals surface area contributed by atoms with Crippen LogP contribution < -0.4 is 15.4 Å². The van der Waals surface area contributed by atoms with E-state index in [-0.39, 0.29) is 0 Å². The van der Waals surface area contributed by atoms with Gasteiger partial charge >= 0.3 is 0 Å². The Balaban J connectivity index is 1.55. The molecule has 6 heteroatoms. The predicted molar refractivity (Wildman–Crippen MR) is 105 cm³/mol. The Bertz CT molecular complexity index is 509. The van der Waals surface area contributed by atoms with Crippen LogP contribution in [0.4, 0.5) is 0 Å². The average molecular weight is 348 g/mol. The summed E-state index contributed by atoms with van der Waals surface area (Å²) >= 11 is 0. The molecule has 1 aliphatic heterocycles. The van der Waals surface area contributed by atoms with E-state index in [1.807, 2.05) is 12.1 Å². The van der Waals surface area contributed by atoms with Gasteiger partial charge in [-0.3, -0.25) is 9.89 Å². The van der Waals surface area contributed by atoms with Crippen molar-refractivity contribution >= 4 is 5.96 Å². The summed E-state index contributed by atoms with van der Waals surface area (Å²) in [6.07, 6.45) is 0. The fourth-order valence-electron chi connectivity index (χ4n) is 2.85. The molecule has 1 aromatic rings. The molecule has 1 aliphatic rings. The molecular weight excluding hydrogens is 314 g/mol. The lowest BCUT2D eigenvalue weighted by molar-refractivity contribution is 0.139. The lowest BCUT2D eigenvalue weighted by atomic mass is 10.2. The first-order chi connectivity index (χ1) is 12.2. The first-order valence-corrected chi connectivity index (χ1v) is 9.30. The van der Waals surface area contributed by atoms with Crippen LogP contribution in [-0.4, -0.2) is 81.8 Å². The summed E-state index contributed by atoms with van der Waals surface area (Å²) in [6.45, 7) is 13.4. The van der Waals surface area contributed by atoms with E-state index in [0.29, 0.717) is 6.61 Å². The molecule has 0 aliphatic carbocycles. The number of ether oxygens (including phenoxy) is 1. The molecule has 1 fully saturated rings. The first-order valence-electron chi connectivity index (χ1n) is 9.30. The summed E-state index contributed by atoms with van der Waals surface area (Å²) < 4.78 is 5.72. The van der Waals surface area contributed by atoms with E-state index in [1.165, 1.54) is 18.7 Å². The minimum absolute atomic E-state index is 0.614. The van der Waals surface area contributed by atoms with Gasteiger partial charge < -0.3 is 20.3 Å². The van der Waals surface area contributed by atoms with E-state index < -0.39 is 0 Å². The van der Waals surface area contributed by atoms with Crippen LogP contribution in [0.15, 0.2) is 29.3 Å². The summed E-state index contributed by atoms with van der Waals surface area (Å²) in [5.41, 5.74) is 1.24. The topological polar surface area (TPSA) is 52.1 Å². The van der Waals surface area contributed by atoms with Gasteiger partial charge in [-0.1, -0.05) is 24.6 Å². The minimum atomic E-state index is 0.614. The van der Waals surface area contributed by atoms with E-state index in [9.17, 15) is 0 Å². The quantitative estimate of drug-likeness (QED) is 0.420. The molecule has 25 heavy (non-hydrogen) atoms. The van der Waals surface area contributed by atoms with Crippen LogP contribution in [0.5, 0.6) is 5.75 Å². The van der Waals surface area contributed by atoms with Crippen molar-refractivity contribution in [2.24, 2.45) is 4.99 Å². The van der Waals surface area contributed by atoms with Gasteiger partial charge in [-0.05, 0) is 25.6 Å². The molecule has 1 saturated heterocycles. The third kappa shape index (κ3) is 7.32. The first kappa shape index (κ1) is 19.5. The van der Waals surface area contributed by atoms with Crippen molar-refractivity contribution in [2.75, 3.05) is 66.0 Å². The molecule has 0 saturated carbocycles. The number of rotatable bonds is 8. The van der Waals surface area contributed by atoms with Crippen molar-refractivity contribution in [1.29, 1.82) is 0 Å². The molecule has 1 aromatic carbocycles. The molecule has 0 atom stereocenters. The van der Waals surface area contributed by atoms with Crippen LogP contribution >= 0.6 is 0 Å². The van der Waals surface area contributed by atoms with Crippen LogP contribution in [-0.2, 0) is 0 Å². The summed E-state index contributed by atoms with van der Waals surface area (Å²) in [4.78, 5) is 9.27. The molecule has 6 nitrogen and oxygen atoms in total. The Kier molecular flexibility index (Phi) is 8.55. The maximum absolute atomic E-state index is 5.72. The predicted octanol–water partition coefficient (Wildman–Crippen LogP) is 1.18. The number of benzene rings is 1. The van der Waals surface area contributed by atoms with Crippen LogP contribution in [0.2, 0.25) is 0 Å². The minimum Gasteiger partial charge on any atom is -0.492 e. The SMILES string of the molecule is CCN1CCN(CCNC(=NC)NCCOc2ccc(C)cc2)CC1. The number of nitrogens with one attached hydrogen (secondary N) is 2. The smallest absolute Gasteiger partial charge is 0.191 e. The van der Waals surface area contributed by atoms with Crippen LogP contribution in [0.1, 0.15) is 12.5 Å². The van der Waals surface area contributed by atoms with Crippen LogP contribution in [0.3, 0.4) is 0 Å². The van der Waals surface area contributed by atoms with E-state index in [1.54, 1.807) is 7.05 Å². The van der Waals surface area contributed by atoms with Crippen molar-refractivity contribution in [3.63, 3.8) is 0 Å². The molecule has 140 valence electrons. The van der Waals surface area contributed by atoms with Gasteiger partial charge in [-0.15, -0.1) is 0 Å². The van der Waals surface area contributed by atoms with Gasteiger partial charge in [0.2, 0.25) is 0 Å². The Morgan fingerprint density at radius 2 is 1.68 bits per heavy atom. The third-order valence-electron chi connectivity index (χ3n) is 4.54. The van der Waals surface area contributed by atoms with Gasteiger partial charge in [0.1, 0.15) is 12.4 Å². The van der Waals surface area contributed by atoms with E-state index >= 15 is 0 Å². The van der Waals surface area contributed by atoms with Crippen molar-refractivity contribution in [2.45, 2.75) is 13.8 Å².